The van der Waals surface area contributed by atoms with Crippen molar-refractivity contribution in [2.24, 2.45) is 5.73 Å². The Bertz CT molecular complexity index is 262. The van der Waals surface area contributed by atoms with Gasteiger partial charge >= 0.3 is 0 Å². The van der Waals surface area contributed by atoms with Crippen molar-refractivity contribution < 1.29 is 8.81 Å². The second-order valence-corrected chi connectivity index (χ2v) is 3.78. The van der Waals surface area contributed by atoms with Gasteiger partial charge in [0.2, 0.25) is 0 Å². The molecular formula is C10H14FNO. The average molecular weight is 183 g/mol. The molecule has 13 heavy (non-hydrogen) atoms. The molecule has 0 bridgehead atoms. The van der Waals surface area contributed by atoms with Crippen LogP contribution in [0.25, 0.3) is 0 Å². The van der Waals surface area contributed by atoms with Gasteiger partial charge in [0.05, 0.1) is 6.26 Å². The quantitative estimate of drug-likeness (QED) is 0.725. The van der Waals surface area contributed by atoms with E-state index in [1.54, 1.807) is 12.1 Å². The number of rotatable bonds is 1. The summed E-state index contributed by atoms with van der Waals surface area (Å²) in [5.41, 5.74) is 4.45. The van der Waals surface area contributed by atoms with Crippen molar-refractivity contribution >= 4 is 0 Å². The molecule has 0 amide bonds. The standard InChI is InChI=1S/C10H14FNO/c11-10(9-2-1-7-13-9)5-3-8(12)4-6-10/h1-2,7-8H,3-6,12H2. The molecule has 2 nitrogen and oxygen atoms in total. The van der Waals surface area contributed by atoms with Crippen LogP contribution in [0.1, 0.15) is 31.4 Å². The Labute approximate surface area is 76.9 Å². The van der Waals surface area contributed by atoms with Crippen LogP contribution in [0.3, 0.4) is 0 Å². The largest absolute Gasteiger partial charge is 0.466 e. The van der Waals surface area contributed by atoms with Crippen molar-refractivity contribution in [2.45, 2.75) is 37.4 Å². The first-order valence-electron chi connectivity index (χ1n) is 4.69. The highest BCUT2D eigenvalue weighted by Crippen LogP contribution is 2.40. The van der Waals surface area contributed by atoms with Crippen molar-refractivity contribution in [3.05, 3.63) is 24.2 Å². The maximum atomic E-state index is 14.2. The third-order valence-corrected chi connectivity index (χ3v) is 2.79. The highest BCUT2D eigenvalue weighted by Gasteiger charge is 2.38. The zero-order valence-corrected chi connectivity index (χ0v) is 7.50. The summed E-state index contributed by atoms with van der Waals surface area (Å²) < 4.78 is 19.3. The van der Waals surface area contributed by atoms with Crippen LogP contribution in [0.5, 0.6) is 0 Å². The van der Waals surface area contributed by atoms with Gasteiger partial charge in [0.25, 0.3) is 0 Å². The van der Waals surface area contributed by atoms with Crippen molar-refractivity contribution in [3.63, 3.8) is 0 Å². The van der Waals surface area contributed by atoms with Crippen LogP contribution in [0.4, 0.5) is 4.39 Å². The minimum absolute atomic E-state index is 0.166. The Morgan fingerprint density at radius 3 is 2.69 bits per heavy atom. The molecule has 1 fully saturated rings. The van der Waals surface area contributed by atoms with E-state index in [2.05, 4.69) is 0 Å². The summed E-state index contributed by atoms with van der Waals surface area (Å²) in [5.74, 6) is 0.458. The molecular weight excluding hydrogens is 169 g/mol. The van der Waals surface area contributed by atoms with E-state index in [1.807, 2.05) is 0 Å². The van der Waals surface area contributed by atoms with Gasteiger partial charge in [-0.3, -0.25) is 0 Å². The van der Waals surface area contributed by atoms with Crippen molar-refractivity contribution in [3.8, 4) is 0 Å². The molecule has 2 rings (SSSR count). The Kier molecular flexibility index (Phi) is 2.12. The lowest BCUT2D eigenvalue weighted by Crippen LogP contribution is -2.33. The molecule has 2 N–H and O–H groups in total. The minimum atomic E-state index is -1.26. The predicted molar refractivity (Wildman–Crippen MR) is 47.9 cm³/mol. The second-order valence-electron chi connectivity index (χ2n) is 3.78. The van der Waals surface area contributed by atoms with Gasteiger partial charge in [0.1, 0.15) is 5.76 Å². The monoisotopic (exact) mass is 183 g/mol. The van der Waals surface area contributed by atoms with E-state index in [9.17, 15) is 4.39 Å². The molecule has 0 unspecified atom stereocenters. The summed E-state index contributed by atoms with van der Waals surface area (Å²) in [6.07, 6.45) is 3.99. The molecule has 1 saturated carbocycles. The molecule has 0 spiro atoms. The van der Waals surface area contributed by atoms with Crippen LogP contribution < -0.4 is 5.73 Å². The maximum absolute atomic E-state index is 14.2. The van der Waals surface area contributed by atoms with Crippen LogP contribution >= 0.6 is 0 Å². The van der Waals surface area contributed by atoms with E-state index in [4.69, 9.17) is 10.2 Å². The fraction of sp³-hybridized carbons (Fsp3) is 0.600. The van der Waals surface area contributed by atoms with Gasteiger partial charge in [0.15, 0.2) is 5.67 Å². The first-order chi connectivity index (χ1) is 6.21. The number of alkyl halides is 1. The lowest BCUT2D eigenvalue weighted by atomic mass is 9.82. The van der Waals surface area contributed by atoms with Crippen molar-refractivity contribution in [1.82, 2.24) is 0 Å². The van der Waals surface area contributed by atoms with E-state index in [0.29, 0.717) is 18.6 Å². The Morgan fingerprint density at radius 1 is 1.46 bits per heavy atom. The molecule has 0 aromatic carbocycles. The Balaban J connectivity index is 2.13. The summed E-state index contributed by atoms with van der Waals surface area (Å²) in [6.45, 7) is 0. The highest BCUT2D eigenvalue weighted by molar-refractivity contribution is 5.11. The lowest BCUT2D eigenvalue weighted by molar-refractivity contribution is 0.0719. The van der Waals surface area contributed by atoms with Gasteiger partial charge < -0.3 is 10.2 Å². The van der Waals surface area contributed by atoms with Gasteiger partial charge in [-0.1, -0.05) is 0 Å². The second kappa shape index (κ2) is 3.14. The molecule has 0 saturated heterocycles. The highest BCUT2D eigenvalue weighted by atomic mass is 19.1. The number of furan rings is 1. The van der Waals surface area contributed by atoms with E-state index in [-0.39, 0.29) is 6.04 Å². The minimum Gasteiger partial charge on any atom is -0.466 e. The van der Waals surface area contributed by atoms with E-state index in [1.165, 1.54) is 6.26 Å². The predicted octanol–water partition coefficient (Wildman–Crippen LogP) is 2.35. The summed E-state index contributed by atoms with van der Waals surface area (Å²) in [4.78, 5) is 0. The summed E-state index contributed by atoms with van der Waals surface area (Å²) in [6, 6.07) is 3.60. The van der Waals surface area contributed by atoms with Crippen LogP contribution in [0.15, 0.2) is 22.8 Å². The molecule has 3 heteroatoms. The average Bonchev–Trinajstić information content (AvgIpc) is 2.63. The molecule has 1 heterocycles. The summed E-state index contributed by atoms with van der Waals surface area (Å²) in [7, 11) is 0. The molecule has 0 aliphatic heterocycles. The SMILES string of the molecule is NC1CCC(F)(c2ccco2)CC1. The maximum Gasteiger partial charge on any atom is 0.168 e. The normalized spacial score (nSPS) is 34.8. The molecule has 1 aromatic heterocycles. The first kappa shape index (κ1) is 8.75. The van der Waals surface area contributed by atoms with Gasteiger partial charge in [-0.05, 0) is 37.8 Å². The van der Waals surface area contributed by atoms with Crippen molar-refractivity contribution in [1.29, 1.82) is 0 Å². The number of halogens is 1. The van der Waals surface area contributed by atoms with Gasteiger partial charge in [-0.25, -0.2) is 4.39 Å². The summed E-state index contributed by atoms with van der Waals surface area (Å²) in [5, 5.41) is 0. The van der Waals surface area contributed by atoms with E-state index in [0.717, 1.165) is 12.8 Å². The smallest absolute Gasteiger partial charge is 0.168 e. The number of hydrogen-bond donors (Lipinski definition) is 1. The fourth-order valence-corrected chi connectivity index (χ4v) is 1.88. The van der Waals surface area contributed by atoms with Crippen LogP contribution in [0, 0.1) is 0 Å². The van der Waals surface area contributed by atoms with Crippen molar-refractivity contribution in [2.75, 3.05) is 0 Å². The topological polar surface area (TPSA) is 39.2 Å². The molecule has 1 aliphatic carbocycles. The van der Waals surface area contributed by atoms with E-state index >= 15 is 0 Å². The number of nitrogens with two attached hydrogens (primary N) is 1. The molecule has 1 aliphatic rings. The zero-order valence-electron chi connectivity index (χ0n) is 7.50. The van der Waals surface area contributed by atoms with Gasteiger partial charge in [0, 0.05) is 6.04 Å². The molecule has 0 atom stereocenters. The third-order valence-electron chi connectivity index (χ3n) is 2.79. The lowest BCUT2D eigenvalue weighted by Gasteiger charge is -2.30. The van der Waals surface area contributed by atoms with Crippen LogP contribution in [-0.4, -0.2) is 6.04 Å². The van der Waals surface area contributed by atoms with Crippen LogP contribution in [0.2, 0.25) is 0 Å². The van der Waals surface area contributed by atoms with Gasteiger partial charge in [-0.15, -0.1) is 0 Å². The molecule has 0 radical (unpaired) electrons. The number of hydrogen-bond acceptors (Lipinski definition) is 2. The van der Waals surface area contributed by atoms with Crippen LogP contribution in [-0.2, 0) is 5.67 Å². The Hall–Kier alpha value is -0.830. The molecule has 1 aromatic rings. The Morgan fingerprint density at radius 2 is 2.15 bits per heavy atom. The molecule has 72 valence electrons. The third kappa shape index (κ3) is 1.61. The van der Waals surface area contributed by atoms with Gasteiger partial charge in [-0.2, -0.15) is 0 Å². The summed E-state index contributed by atoms with van der Waals surface area (Å²) >= 11 is 0. The zero-order chi connectivity index (χ0) is 9.31. The first-order valence-corrected chi connectivity index (χ1v) is 4.69. The fourth-order valence-electron chi connectivity index (χ4n) is 1.88. The van der Waals surface area contributed by atoms with E-state index < -0.39 is 5.67 Å².